The topological polar surface area (TPSA) is 31.4 Å². The van der Waals surface area contributed by atoms with Crippen molar-refractivity contribution in [1.82, 2.24) is 4.98 Å². The number of hydrogen-bond acceptors (Lipinski definition) is 3. The van der Waals surface area contributed by atoms with Crippen LogP contribution in [0.4, 0.5) is 0 Å². The van der Waals surface area contributed by atoms with Gasteiger partial charge in [-0.15, -0.1) is 0 Å². The van der Waals surface area contributed by atoms with E-state index in [1.54, 1.807) is 0 Å². The second-order valence-electron chi connectivity index (χ2n) is 10.2. The van der Waals surface area contributed by atoms with Crippen molar-refractivity contribution in [3.8, 4) is 33.9 Å². The molecule has 0 unspecified atom stereocenters. The molecule has 0 saturated carbocycles. The first-order valence-corrected chi connectivity index (χ1v) is 14.6. The molecule has 0 saturated heterocycles. The molecule has 0 atom stereocenters. The predicted molar refractivity (Wildman–Crippen MR) is 158 cm³/mol. The summed E-state index contributed by atoms with van der Waals surface area (Å²) in [6, 6.07) is 21.1. The Balaban J connectivity index is 1.51. The van der Waals surface area contributed by atoms with Crippen LogP contribution in [0.25, 0.3) is 22.4 Å². The van der Waals surface area contributed by atoms with E-state index < -0.39 is 0 Å². The van der Waals surface area contributed by atoms with Crippen molar-refractivity contribution in [2.24, 2.45) is 0 Å². The molecule has 0 amide bonds. The maximum atomic E-state index is 5.96. The van der Waals surface area contributed by atoms with Crippen LogP contribution in [0.1, 0.15) is 96.6 Å². The summed E-state index contributed by atoms with van der Waals surface area (Å²) < 4.78 is 11.9. The number of unbranched alkanes of at least 4 members (excludes halogenated alkanes) is 10. The molecule has 0 bridgehead atoms. The van der Waals surface area contributed by atoms with Crippen LogP contribution in [0.5, 0.6) is 11.5 Å². The highest BCUT2D eigenvalue weighted by Crippen LogP contribution is 2.28. The van der Waals surface area contributed by atoms with Gasteiger partial charge < -0.3 is 9.47 Å². The summed E-state index contributed by atoms with van der Waals surface area (Å²) in [4.78, 5) is 4.80. The SMILES string of the molecule is CCCCCCCCOc1ccc(-c2cc(C)nc(-c3ccc(OCCCCCCCC)cc3)c2)cc1. The molecular weight excluding hydrogens is 454 g/mol. The summed E-state index contributed by atoms with van der Waals surface area (Å²) in [6.45, 7) is 8.15. The lowest BCUT2D eigenvalue weighted by Gasteiger charge is -2.11. The van der Waals surface area contributed by atoms with Crippen LogP contribution in [-0.4, -0.2) is 18.2 Å². The average molecular weight is 502 g/mol. The highest BCUT2D eigenvalue weighted by atomic mass is 16.5. The van der Waals surface area contributed by atoms with Crippen molar-refractivity contribution in [3.05, 3.63) is 66.4 Å². The van der Waals surface area contributed by atoms with E-state index in [9.17, 15) is 0 Å². The van der Waals surface area contributed by atoms with Gasteiger partial charge in [0, 0.05) is 11.3 Å². The van der Waals surface area contributed by atoms with E-state index in [1.807, 2.05) is 0 Å². The number of rotatable bonds is 18. The van der Waals surface area contributed by atoms with E-state index in [-0.39, 0.29) is 0 Å². The first-order valence-electron chi connectivity index (χ1n) is 14.6. The molecule has 0 aliphatic heterocycles. The normalized spacial score (nSPS) is 11.0. The smallest absolute Gasteiger partial charge is 0.119 e. The predicted octanol–water partition coefficient (Wildman–Crippen LogP) is 10.2. The minimum atomic E-state index is 0.789. The molecule has 0 fully saturated rings. The lowest BCUT2D eigenvalue weighted by molar-refractivity contribution is 0.304. The Kier molecular flexibility index (Phi) is 13.1. The van der Waals surface area contributed by atoms with Gasteiger partial charge in [0.25, 0.3) is 0 Å². The maximum Gasteiger partial charge on any atom is 0.119 e. The fourth-order valence-electron chi connectivity index (χ4n) is 4.59. The fraction of sp³-hybridized carbons (Fsp3) is 0.500. The quantitative estimate of drug-likeness (QED) is 0.162. The summed E-state index contributed by atoms with van der Waals surface area (Å²) in [5.74, 6) is 1.88. The molecule has 0 aliphatic carbocycles. The van der Waals surface area contributed by atoms with Crippen LogP contribution < -0.4 is 9.47 Å². The molecule has 3 nitrogen and oxygen atoms in total. The van der Waals surface area contributed by atoms with E-state index in [2.05, 4.69) is 81.4 Å². The van der Waals surface area contributed by atoms with Crippen LogP contribution in [0.3, 0.4) is 0 Å². The third kappa shape index (κ3) is 10.6. The summed E-state index contributed by atoms with van der Waals surface area (Å²) in [5, 5.41) is 0. The largest absolute Gasteiger partial charge is 0.494 e. The minimum Gasteiger partial charge on any atom is -0.494 e. The number of aryl methyl sites for hydroxylation is 1. The van der Waals surface area contributed by atoms with Crippen LogP contribution in [0.15, 0.2) is 60.7 Å². The molecule has 0 N–H and O–H groups in total. The Morgan fingerprint density at radius 3 is 1.49 bits per heavy atom. The van der Waals surface area contributed by atoms with E-state index >= 15 is 0 Å². The Morgan fingerprint density at radius 1 is 0.514 bits per heavy atom. The van der Waals surface area contributed by atoms with E-state index in [1.165, 1.54) is 75.3 Å². The van der Waals surface area contributed by atoms with Crippen LogP contribution in [-0.2, 0) is 0 Å². The summed E-state index contributed by atoms with van der Waals surface area (Å²) in [5.41, 5.74) is 5.46. The summed E-state index contributed by atoms with van der Waals surface area (Å²) >= 11 is 0. The molecule has 0 aliphatic rings. The maximum absolute atomic E-state index is 5.96. The zero-order valence-electron chi connectivity index (χ0n) is 23.4. The van der Waals surface area contributed by atoms with Gasteiger partial charge >= 0.3 is 0 Å². The van der Waals surface area contributed by atoms with E-state index in [0.717, 1.165) is 54.5 Å². The number of ether oxygens (including phenoxy) is 2. The monoisotopic (exact) mass is 501 g/mol. The lowest BCUT2D eigenvalue weighted by atomic mass is 10.0. The Labute approximate surface area is 225 Å². The van der Waals surface area contributed by atoms with E-state index in [4.69, 9.17) is 14.5 Å². The Hall–Kier alpha value is -2.81. The van der Waals surface area contributed by atoms with Crippen molar-refractivity contribution in [2.75, 3.05) is 13.2 Å². The van der Waals surface area contributed by atoms with Crippen LogP contribution in [0, 0.1) is 6.92 Å². The minimum absolute atomic E-state index is 0.789. The number of pyridine rings is 1. The van der Waals surface area contributed by atoms with Crippen molar-refractivity contribution in [3.63, 3.8) is 0 Å². The second kappa shape index (κ2) is 16.8. The molecule has 1 aromatic heterocycles. The Bertz CT molecular complexity index is 931. The van der Waals surface area contributed by atoms with Crippen molar-refractivity contribution in [2.45, 2.75) is 97.8 Å². The van der Waals surface area contributed by atoms with Gasteiger partial charge in [-0.05, 0) is 79.4 Å². The van der Waals surface area contributed by atoms with Crippen LogP contribution in [0.2, 0.25) is 0 Å². The van der Waals surface area contributed by atoms with Gasteiger partial charge in [-0.3, -0.25) is 4.98 Å². The fourth-order valence-corrected chi connectivity index (χ4v) is 4.59. The van der Waals surface area contributed by atoms with Crippen molar-refractivity contribution in [1.29, 1.82) is 0 Å². The van der Waals surface area contributed by atoms with Gasteiger partial charge in [-0.2, -0.15) is 0 Å². The zero-order valence-corrected chi connectivity index (χ0v) is 23.4. The van der Waals surface area contributed by atoms with E-state index in [0.29, 0.717) is 0 Å². The summed E-state index contributed by atoms with van der Waals surface area (Å²) in [6.07, 6.45) is 15.3. The first-order chi connectivity index (χ1) is 18.2. The molecule has 2 aromatic carbocycles. The first kappa shape index (κ1) is 28.8. The number of benzene rings is 2. The van der Waals surface area contributed by atoms with Gasteiger partial charge in [0.15, 0.2) is 0 Å². The standard InChI is InChI=1S/C34H47NO2/c1-4-6-8-10-12-14-24-36-32-20-16-29(17-21-32)31-26-28(3)35-34(27-31)30-18-22-33(23-19-30)37-25-15-13-11-9-7-5-2/h16-23,26-27H,4-15,24-25H2,1-3H3. The average Bonchev–Trinajstić information content (AvgIpc) is 2.92. The summed E-state index contributed by atoms with van der Waals surface area (Å²) in [7, 11) is 0. The number of hydrogen-bond donors (Lipinski definition) is 0. The van der Waals surface area contributed by atoms with Crippen molar-refractivity contribution >= 4 is 0 Å². The van der Waals surface area contributed by atoms with Gasteiger partial charge in [-0.1, -0.05) is 90.2 Å². The molecule has 200 valence electrons. The lowest BCUT2D eigenvalue weighted by Crippen LogP contribution is -1.97. The molecule has 3 aromatic rings. The second-order valence-corrected chi connectivity index (χ2v) is 10.2. The van der Waals surface area contributed by atoms with Gasteiger partial charge in [0.05, 0.1) is 18.9 Å². The highest BCUT2D eigenvalue weighted by molar-refractivity contribution is 5.71. The molecule has 0 radical (unpaired) electrons. The van der Waals surface area contributed by atoms with Gasteiger partial charge in [0.1, 0.15) is 11.5 Å². The van der Waals surface area contributed by atoms with Crippen molar-refractivity contribution < 1.29 is 9.47 Å². The molecule has 1 heterocycles. The Morgan fingerprint density at radius 2 is 0.973 bits per heavy atom. The molecule has 3 rings (SSSR count). The van der Waals surface area contributed by atoms with Gasteiger partial charge in [-0.25, -0.2) is 0 Å². The third-order valence-electron chi connectivity index (χ3n) is 6.82. The number of nitrogens with zero attached hydrogens (tertiary/aromatic N) is 1. The van der Waals surface area contributed by atoms with Crippen LogP contribution >= 0.6 is 0 Å². The molecular formula is C34H47NO2. The highest BCUT2D eigenvalue weighted by Gasteiger charge is 2.07. The molecule has 3 heteroatoms. The molecule has 37 heavy (non-hydrogen) atoms. The number of aromatic nitrogens is 1. The third-order valence-corrected chi connectivity index (χ3v) is 6.82. The van der Waals surface area contributed by atoms with Gasteiger partial charge in [0.2, 0.25) is 0 Å². The zero-order chi connectivity index (χ0) is 26.1. The molecule has 0 spiro atoms.